The summed E-state index contributed by atoms with van der Waals surface area (Å²) < 4.78 is 17.0. The normalized spacial score (nSPS) is 16.3. The summed E-state index contributed by atoms with van der Waals surface area (Å²) in [6.07, 6.45) is 0. The quantitative estimate of drug-likeness (QED) is 0.219. The highest BCUT2D eigenvalue weighted by Crippen LogP contribution is 2.44. The van der Waals surface area contributed by atoms with E-state index in [9.17, 15) is 20.0 Å². The predicted octanol–water partition coefficient (Wildman–Crippen LogP) is 5.63. The molecule has 1 aliphatic rings. The number of aliphatic hydroxyl groups excluding tert-OH is 1. The molecule has 1 atom stereocenters. The van der Waals surface area contributed by atoms with Gasteiger partial charge < -0.3 is 19.3 Å². The van der Waals surface area contributed by atoms with Crippen LogP contribution >= 0.6 is 0 Å². The molecule has 0 spiro atoms. The molecule has 1 fully saturated rings. The molecule has 3 aromatic rings. The van der Waals surface area contributed by atoms with E-state index in [0.29, 0.717) is 58.8 Å². The number of rotatable bonds is 9. The SMILES string of the molecule is CCOc1cc(C2/C(=C(/O)c3cccc(OCC(C)C)c3)C(=O)C(=O)N2c2ccc(C#N)cc2)ccc1OC. The van der Waals surface area contributed by atoms with Crippen molar-refractivity contribution in [2.45, 2.75) is 26.8 Å². The number of anilines is 1. The lowest BCUT2D eigenvalue weighted by Gasteiger charge is -2.26. The molecule has 1 unspecified atom stereocenters. The number of ether oxygens (including phenoxy) is 3. The van der Waals surface area contributed by atoms with Crippen molar-refractivity contribution in [2.75, 3.05) is 25.2 Å². The van der Waals surface area contributed by atoms with Gasteiger partial charge in [0.2, 0.25) is 0 Å². The van der Waals surface area contributed by atoms with Crippen molar-refractivity contribution in [1.82, 2.24) is 0 Å². The molecule has 8 heteroatoms. The number of nitriles is 1. The fourth-order valence-electron chi connectivity index (χ4n) is 4.39. The molecule has 4 rings (SSSR count). The average Bonchev–Trinajstić information content (AvgIpc) is 3.21. The largest absolute Gasteiger partial charge is 0.507 e. The first-order chi connectivity index (χ1) is 18.8. The number of Topliss-reactive ketones (excluding diaryl/α,β-unsaturated/α-hetero) is 1. The number of ketones is 1. The third-order valence-electron chi connectivity index (χ3n) is 6.21. The highest BCUT2D eigenvalue weighted by Gasteiger charge is 2.47. The van der Waals surface area contributed by atoms with Crippen molar-refractivity contribution in [3.8, 4) is 23.3 Å². The summed E-state index contributed by atoms with van der Waals surface area (Å²) in [4.78, 5) is 28.3. The van der Waals surface area contributed by atoms with Crippen molar-refractivity contribution in [2.24, 2.45) is 5.92 Å². The lowest BCUT2D eigenvalue weighted by molar-refractivity contribution is -0.132. The van der Waals surface area contributed by atoms with Crippen LogP contribution in [-0.4, -0.2) is 37.1 Å². The van der Waals surface area contributed by atoms with E-state index in [0.717, 1.165) is 0 Å². The zero-order valence-electron chi connectivity index (χ0n) is 22.3. The van der Waals surface area contributed by atoms with E-state index in [2.05, 4.69) is 6.07 Å². The second kappa shape index (κ2) is 11.7. The molecule has 0 radical (unpaired) electrons. The summed E-state index contributed by atoms with van der Waals surface area (Å²) in [6, 6.07) is 19.3. The van der Waals surface area contributed by atoms with Gasteiger partial charge in [-0.1, -0.05) is 32.0 Å². The van der Waals surface area contributed by atoms with Crippen LogP contribution in [0, 0.1) is 17.2 Å². The monoisotopic (exact) mass is 526 g/mol. The van der Waals surface area contributed by atoms with Gasteiger partial charge in [0.05, 0.1) is 43.6 Å². The van der Waals surface area contributed by atoms with Crippen LogP contribution in [-0.2, 0) is 9.59 Å². The minimum atomic E-state index is -0.969. The number of methoxy groups -OCH3 is 1. The molecule has 0 bridgehead atoms. The van der Waals surface area contributed by atoms with Gasteiger partial charge in [0.15, 0.2) is 11.5 Å². The second-order valence-corrected chi connectivity index (χ2v) is 9.40. The molecule has 39 heavy (non-hydrogen) atoms. The van der Waals surface area contributed by atoms with Crippen LogP contribution in [0.5, 0.6) is 17.2 Å². The predicted molar refractivity (Wildman–Crippen MR) is 147 cm³/mol. The topological polar surface area (TPSA) is 109 Å². The minimum Gasteiger partial charge on any atom is -0.507 e. The summed E-state index contributed by atoms with van der Waals surface area (Å²) in [5.74, 6) is -0.184. The Morgan fingerprint density at radius 1 is 1.03 bits per heavy atom. The number of nitrogens with zero attached hydrogens (tertiary/aromatic N) is 2. The number of carbonyl (C=O) groups is 2. The molecule has 200 valence electrons. The fourth-order valence-corrected chi connectivity index (χ4v) is 4.39. The molecule has 1 aliphatic heterocycles. The van der Waals surface area contributed by atoms with Gasteiger partial charge in [0, 0.05) is 11.3 Å². The van der Waals surface area contributed by atoms with Gasteiger partial charge in [-0.3, -0.25) is 14.5 Å². The first-order valence-electron chi connectivity index (χ1n) is 12.6. The highest BCUT2D eigenvalue weighted by molar-refractivity contribution is 6.51. The van der Waals surface area contributed by atoms with Crippen molar-refractivity contribution in [3.05, 3.63) is 89.0 Å². The lowest BCUT2D eigenvalue weighted by atomic mass is 9.94. The van der Waals surface area contributed by atoms with Gasteiger partial charge >= 0.3 is 0 Å². The van der Waals surface area contributed by atoms with Gasteiger partial charge in [-0.2, -0.15) is 5.26 Å². The Kier molecular flexibility index (Phi) is 8.21. The maximum atomic E-state index is 13.5. The Hall–Kier alpha value is -4.77. The molecule has 0 saturated carbocycles. The lowest BCUT2D eigenvalue weighted by Crippen LogP contribution is -2.29. The zero-order chi connectivity index (χ0) is 28.1. The van der Waals surface area contributed by atoms with Crippen molar-refractivity contribution in [1.29, 1.82) is 5.26 Å². The third kappa shape index (κ3) is 5.58. The van der Waals surface area contributed by atoms with Crippen molar-refractivity contribution < 1.29 is 28.9 Å². The van der Waals surface area contributed by atoms with Gasteiger partial charge in [-0.05, 0) is 66.9 Å². The van der Waals surface area contributed by atoms with Crippen LogP contribution < -0.4 is 19.1 Å². The molecule has 0 aliphatic carbocycles. The van der Waals surface area contributed by atoms with E-state index in [1.165, 1.54) is 12.0 Å². The Balaban J connectivity index is 1.90. The summed E-state index contributed by atoms with van der Waals surface area (Å²) in [5, 5.41) is 20.7. The maximum Gasteiger partial charge on any atom is 0.300 e. The minimum absolute atomic E-state index is 0.0713. The Bertz CT molecular complexity index is 1450. The molecule has 0 aromatic heterocycles. The molecule has 1 N–H and O–H groups in total. The Labute approximate surface area is 227 Å². The number of carbonyl (C=O) groups excluding carboxylic acids is 2. The van der Waals surface area contributed by atoms with Gasteiger partial charge in [-0.25, -0.2) is 0 Å². The van der Waals surface area contributed by atoms with Gasteiger partial charge in [0.1, 0.15) is 11.5 Å². The highest BCUT2D eigenvalue weighted by atomic mass is 16.5. The molecule has 3 aromatic carbocycles. The maximum absolute atomic E-state index is 13.5. The van der Waals surface area contributed by atoms with Gasteiger partial charge in [0.25, 0.3) is 11.7 Å². The molecule has 1 heterocycles. The zero-order valence-corrected chi connectivity index (χ0v) is 22.3. The first kappa shape index (κ1) is 27.3. The Morgan fingerprint density at radius 3 is 2.41 bits per heavy atom. The number of hydrogen-bond acceptors (Lipinski definition) is 7. The number of amides is 1. The van der Waals surface area contributed by atoms with E-state index < -0.39 is 17.7 Å². The van der Waals surface area contributed by atoms with E-state index in [1.807, 2.05) is 20.8 Å². The van der Waals surface area contributed by atoms with Crippen molar-refractivity contribution in [3.63, 3.8) is 0 Å². The second-order valence-electron chi connectivity index (χ2n) is 9.40. The molecular formula is C31H30N2O6. The van der Waals surface area contributed by atoms with Crippen LogP contribution in [0.1, 0.15) is 43.5 Å². The van der Waals surface area contributed by atoms with E-state index in [-0.39, 0.29) is 11.3 Å². The van der Waals surface area contributed by atoms with E-state index in [4.69, 9.17) is 14.2 Å². The summed E-state index contributed by atoms with van der Waals surface area (Å²) in [6.45, 7) is 6.75. The molecular weight excluding hydrogens is 496 g/mol. The summed E-state index contributed by atoms with van der Waals surface area (Å²) in [7, 11) is 1.52. The van der Waals surface area contributed by atoms with E-state index >= 15 is 0 Å². The molecule has 1 amide bonds. The Morgan fingerprint density at radius 2 is 1.77 bits per heavy atom. The number of hydrogen-bond donors (Lipinski definition) is 1. The number of benzene rings is 3. The van der Waals surface area contributed by atoms with Crippen LogP contribution in [0.15, 0.2) is 72.3 Å². The third-order valence-corrected chi connectivity index (χ3v) is 6.21. The standard InChI is InChI=1S/C31H30N2O6/c1-5-38-26-16-21(11-14-25(26)37-4)28-27(29(34)22-7-6-8-24(15-22)39-18-19(2)3)30(35)31(36)33(28)23-12-9-20(17-32)10-13-23/h6-16,19,28,34H,5,18H2,1-4H3/b29-27-. The van der Waals surface area contributed by atoms with Crippen LogP contribution in [0.3, 0.4) is 0 Å². The van der Waals surface area contributed by atoms with Crippen molar-refractivity contribution >= 4 is 23.1 Å². The molecule has 8 nitrogen and oxygen atoms in total. The van der Waals surface area contributed by atoms with Crippen LogP contribution in [0.25, 0.3) is 5.76 Å². The van der Waals surface area contributed by atoms with Gasteiger partial charge in [-0.15, -0.1) is 0 Å². The summed E-state index contributed by atoms with van der Waals surface area (Å²) in [5.41, 5.74) is 1.63. The smallest absolute Gasteiger partial charge is 0.300 e. The number of aliphatic hydroxyl groups is 1. The van der Waals surface area contributed by atoms with E-state index in [1.54, 1.807) is 66.7 Å². The molecule has 1 saturated heterocycles. The first-order valence-corrected chi connectivity index (χ1v) is 12.6. The van der Waals surface area contributed by atoms with Crippen LogP contribution in [0.2, 0.25) is 0 Å². The summed E-state index contributed by atoms with van der Waals surface area (Å²) >= 11 is 0. The van der Waals surface area contributed by atoms with Crippen LogP contribution in [0.4, 0.5) is 5.69 Å². The average molecular weight is 527 g/mol. The fraction of sp³-hybridized carbons (Fsp3) is 0.258.